The van der Waals surface area contributed by atoms with Gasteiger partial charge in [0.15, 0.2) is 0 Å². The smallest absolute Gasteiger partial charge is 0.264 e. The van der Waals surface area contributed by atoms with Crippen LogP contribution in [-0.4, -0.2) is 29.3 Å². The summed E-state index contributed by atoms with van der Waals surface area (Å²) in [6.45, 7) is 1.39. The lowest BCUT2D eigenvalue weighted by molar-refractivity contribution is -0.114. The van der Waals surface area contributed by atoms with Crippen LogP contribution in [0.4, 0.5) is 17.1 Å². The molecule has 4 aromatic rings. The molecule has 0 radical (unpaired) electrons. The molecular formula is C27H24ClN3O5S2. The normalized spacial score (nSPS) is 11.5. The fraction of sp³-hybridized carbons (Fsp3) is 0.0741. The van der Waals surface area contributed by atoms with Crippen molar-refractivity contribution in [2.75, 3.05) is 20.9 Å². The zero-order valence-corrected chi connectivity index (χ0v) is 22.6. The van der Waals surface area contributed by atoms with Crippen LogP contribution in [0.25, 0.3) is 0 Å². The predicted octanol–water partition coefficient (Wildman–Crippen LogP) is 5.28. The van der Waals surface area contributed by atoms with E-state index in [4.69, 9.17) is 11.6 Å². The Kier molecular flexibility index (Phi) is 8.05. The molecule has 38 heavy (non-hydrogen) atoms. The minimum absolute atomic E-state index is 0.0154. The summed E-state index contributed by atoms with van der Waals surface area (Å²) in [4.78, 5) is 13.0. The Bertz CT molecular complexity index is 1630. The number of hydrogen-bond donors (Lipinski definition) is 2. The molecule has 4 aromatic carbocycles. The number of amides is 1. The number of carbonyl (C=O) groups is 1. The van der Waals surface area contributed by atoms with Crippen LogP contribution < -0.4 is 14.3 Å². The van der Waals surface area contributed by atoms with Crippen LogP contribution in [0, 0.1) is 6.92 Å². The van der Waals surface area contributed by atoms with Gasteiger partial charge >= 0.3 is 0 Å². The largest absolute Gasteiger partial charge is 0.325 e. The van der Waals surface area contributed by atoms with Crippen LogP contribution in [0.3, 0.4) is 0 Å². The van der Waals surface area contributed by atoms with E-state index in [0.29, 0.717) is 22.1 Å². The van der Waals surface area contributed by atoms with Crippen molar-refractivity contribution in [3.63, 3.8) is 0 Å². The number of hydrogen-bond acceptors (Lipinski definition) is 5. The van der Waals surface area contributed by atoms with E-state index < -0.39 is 32.5 Å². The quantitative estimate of drug-likeness (QED) is 0.285. The number of rotatable bonds is 9. The van der Waals surface area contributed by atoms with Crippen molar-refractivity contribution in [2.45, 2.75) is 16.7 Å². The number of carbonyl (C=O) groups excluding carboxylic acids is 1. The summed E-state index contributed by atoms with van der Waals surface area (Å²) in [5.41, 5.74) is 1.93. The van der Waals surface area contributed by atoms with Gasteiger partial charge in [0.05, 0.1) is 15.5 Å². The molecule has 8 nitrogen and oxygen atoms in total. The molecule has 0 spiro atoms. The Morgan fingerprint density at radius 2 is 1.32 bits per heavy atom. The molecule has 0 unspecified atom stereocenters. The molecule has 0 heterocycles. The molecule has 196 valence electrons. The van der Waals surface area contributed by atoms with E-state index in [0.717, 1.165) is 9.87 Å². The average Bonchev–Trinajstić information content (AvgIpc) is 2.90. The van der Waals surface area contributed by atoms with Gasteiger partial charge in [-0.2, -0.15) is 0 Å². The van der Waals surface area contributed by atoms with Crippen LogP contribution in [0.5, 0.6) is 0 Å². The zero-order chi connectivity index (χ0) is 27.3. The summed E-state index contributed by atoms with van der Waals surface area (Å²) in [7, 11) is -7.91. The van der Waals surface area contributed by atoms with Gasteiger partial charge < -0.3 is 5.32 Å². The second-order valence-corrected chi connectivity index (χ2v) is 12.3. The lowest BCUT2D eigenvalue weighted by Gasteiger charge is -2.24. The number of benzene rings is 4. The van der Waals surface area contributed by atoms with Crippen LogP contribution in [0.15, 0.2) is 113 Å². The summed E-state index contributed by atoms with van der Waals surface area (Å²) in [6.07, 6.45) is 0. The highest BCUT2D eigenvalue weighted by atomic mass is 35.5. The van der Waals surface area contributed by atoms with Gasteiger partial charge in [0.1, 0.15) is 6.54 Å². The topological polar surface area (TPSA) is 113 Å². The molecule has 1 amide bonds. The van der Waals surface area contributed by atoms with Gasteiger partial charge in [-0.3, -0.25) is 13.8 Å². The summed E-state index contributed by atoms with van der Waals surface area (Å²) < 4.78 is 55.7. The zero-order valence-electron chi connectivity index (χ0n) is 20.2. The van der Waals surface area contributed by atoms with Crippen molar-refractivity contribution in [2.24, 2.45) is 0 Å². The molecule has 0 saturated carbocycles. The second-order valence-electron chi connectivity index (χ2n) is 8.35. The monoisotopic (exact) mass is 569 g/mol. The summed E-state index contributed by atoms with van der Waals surface area (Å²) >= 11 is 5.84. The minimum atomic E-state index is -4.04. The van der Waals surface area contributed by atoms with Crippen LogP contribution in [0.2, 0.25) is 5.02 Å². The first-order valence-corrected chi connectivity index (χ1v) is 14.7. The summed E-state index contributed by atoms with van der Waals surface area (Å²) in [5.74, 6) is -0.597. The van der Waals surface area contributed by atoms with Crippen molar-refractivity contribution < 1.29 is 21.6 Å². The Morgan fingerprint density at radius 3 is 1.92 bits per heavy atom. The first kappa shape index (κ1) is 27.2. The standard InChI is InChI=1S/C27H24ClN3O5S2/c1-20-7-15-24(16-8-20)31(38(35,36)26-5-3-2-4-6-26)19-27(32)29-22-13-17-25(18-14-22)37(33,34)30-23-11-9-21(28)10-12-23/h2-18,30H,19H2,1H3,(H,29,32). The van der Waals surface area contributed by atoms with Gasteiger partial charge in [0, 0.05) is 16.4 Å². The van der Waals surface area contributed by atoms with Crippen LogP contribution in [0.1, 0.15) is 5.56 Å². The molecular weight excluding hydrogens is 546 g/mol. The van der Waals surface area contributed by atoms with Crippen molar-refractivity contribution >= 4 is 54.6 Å². The lowest BCUT2D eigenvalue weighted by atomic mass is 10.2. The van der Waals surface area contributed by atoms with E-state index in [1.165, 1.54) is 48.5 Å². The van der Waals surface area contributed by atoms with E-state index in [-0.39, 0.29) is 9.79 Å². The number of nitrogens with one attached hydrogen (secondary N) is 2. The fourth-order valence-electron chi connectivity index (χ4n) is 3.53. The van der Waals surface area contributed by atoms with E-state index in [2.05, 4.69) is 10.0 Å². The number of nitrogens with zero attached hydrogens (tertiary/aromatic N) is 1. The van der Waals surface area contributed by atoms with Crippen molar-refractivity contribution in [1.29, 1.82) is 0 Å². The summed E-state index contributed by atoms with van der Waals surface area (Å²) in [5, 5.41) is 3.11. The van der Waals surface area contributed by atoms with E-state index >= 15 is 0 Å². The molecule has 0 aliphatic heterocycles. The first-order valence-electron chi connectivity index (χ1n) is 11.4. The maximum Gasteiger partial charge on any atom is 0.264 e. The average molecular weight is 570 g/mol. The van der Waals surface area contributed by atoms with Gasteiger partial charge in [-0.15, -0.1) is 0 Å². The molecule has 11 heteroatoms. The molecule has 4 rings (SSSR count). The number of aryl methyl sites for hydroxylation is 1. The molecule has 0 saturated heterocycles. The number of halogens is 1. The van der Waals surface area contributed by atoms with Crippen molar-refractivity contribution in [3.8, 4) is 0 Å². The Labute approximate surface area is 227 Å². The highest BCUT2D eigenvalue weighted by molar-refractivity contribution is 7.93. The fourth-order valence-corrected chi connectivity index (χ4v) is 6.15. The Morgan fingerprint density at radius 1 is 0.737 bits per heavy atom. The minimum Gasteiger partial charge on any atom is -0.325 e. The number of anilines is 3. The third kappa shape index (κ3) is 6.52. The third-order valence-corrected chi connectivity index (χ3v) is 8.92. The third-order valence-electron chi connectivity index (χ3n) is 5.49. The van der Waals surface area contributed by atoms with Crippen molar-refractivity contribution in [3.05, 3.63) is 114 Å². The van der Waals surface area contributed by atoms with Crippen LogP contribution in [-0.2, 0) is 24.8 Å². The van der Waals surface area contributed by atoms with Crippen molar-refractivity contribution in [1.82, 2.24) is 0 Å². The van der Waals surface area contributed by atoms with Crippen LogP contribution >= 0.6 is 11.6 Å². The summed E-state index contributed by atoms with van der Waals surface area (Å²) in [6, 6.07) is 26.4. The molecule has 0 bridgehead atoms. The van der Waals surface area contributed by atoms with Gasteiger partial charge in [0.25, 0.3) is 20.0 Å². The maximum atomic E-state index is 13.4. The maximum absolute atomic E-state index is 13.4. The first-order chi connectivity index (χ1) is 18.0. The van der Waals surface area contributed by atoms with E-state index in [1.54, 1.807) is 54.6 Å². The predicted molar refractivity (Wildman–Crippen MR) is 149 cm³/mol. The highest BCUT2D eigenvalue weighted by Gasteiger charge is 2.27. The highest BCUT2D eigenvalue weighted by Crippen LogP contribution is 2.25. The molecule has 0 aliphatic carbocycles. The van der Waals surface area contributed by atoms with E-state index in [9.17, 15) is 21.6 Å². The van der Waals surface area contributed by atoms with Gasteiger partial charge in [-0.25, -0.2) is 16.8 Å². The lowest BCUT2D eigenvalue weighted by Crippen LogP contribution is -2.38. The SMILES string of the molecule is Cc1ccc(N(CC(=O)Nc2ccc(S(=O)(=O)Nc3ccc(Cl)cc3)cc2)S(=O)(=O)c2ccccc2)cc1. The van der Waals surface area contributed by atoms with Gasteiger partial charge in [-0.1, -0.05) is 47.5 Å². The molecule has 0 aliphatic rings. The van der Waals surface area contributed by atoms with E-state index in [1.807, 2.05) is 6.92 Å². The Hall–Kier alpha value is -3.86. The molecule has 2 N–H and O–H groups in total. The second kappa shape index (κ2) is 11.3. The Balaban J connectivity index is 1.51. The molecule has 0 aromatic heterocycles. The van der Waals surface area contributed by atoms with Gasteiger partial charge in [0.2, 0.25) is 5.91 Å². The molecule has 0 atom stereocenters. The molecule has 0 fully saturated rings. The number of sulfonamides is 2. The van der Waals surface area contributed by atoms with Gasteiger partial charge in [-0.05, 0) is 79.7 Å².